The van der Waals surface area contributed by atoms with E-state index in [0.717, 1.165) is 0 Å². The van der Waals surface area contributed by atoms with Crippen molar-refractivity contribution >= 4 is 11.9 Å². The third-order valence-corrected chi connectivity index (χ3v) is 4.12. The molecule has 156 valence electrons. The van der Waals surface area contributed by atoms with Gasteiger partial charge in [-0.1, -0.05) is 24.3 Å². The smallest absolute Gasteiger partial charge is 0.345 e. The molecule has 0 aliphatic rings. The standard InChI is InChI=1S/C22H26O7/c1-3-27-17-9-5-15(6-10-17)13-19(23)22(26)29-20(21(24)25)14-16-7-11-18(12-8-16)28-4-2/h5-12,19-20,23H,3-4,13-14H2,1-2H3,(H,24,25). The summed E-state index contributed by atoms with van der Waals surface area (Å²) >= 11 is 0. The van der Waals surface area contributed by atoms with Crippen molar-refractivity contribution in [2.75, 3.05) is 13.2 Å². The number of carboxylic acid groups (broad SMARTS) is 1. The second-order valence-electron chi connectivity index (χ2n) is 6.34. The van der Waals surface area contributed by atoms with Crippen LogP contribution in [0.25, 0.3) is 0 Å². The zero-order chi connectivity index (χ0) is 21.2. The SMILES string of the molecule is CCOc1ccc(CC(O)C(=O)OC(Cc2ccc(OCC)cc2)C(=O)O)cc1. The maximum atomic E-state index is 12.2. The number of ether oxygens (including phenoxy) is 3. The van der Waals surface area contributed by atoms with Crippen LogP contribution >= 0.6 is 0 Å². The minimum absolute atomic E-state index is 0.0107. The molecule has 2 aromatic rings. The van der Waals surface area contributed by atoms with Gasteiger partial charge < -0.3 is 24.4 Å². The van der Waals surface area contributed by atoms with E-state index in [1.165, 1.54) is 0 Å². The number of aliphatic hydroxyl groups excluding tert-OH is 1. The van der Waals surface area contributed by atoms with Gasteiger partial charge in [0.1, 0.15) is 11.5 Å². The fourth-order valence-corrected chi connectivity index (χ4v) is 2.70. The molecule has 0 aliphatic carbocycles. The predicted octanol–water partition coefficient (Wildman–Crippen LogP) is 2.63. The van der Waals surface area contributed by atoms with Crippen LogP contribution in [0, 0.1) is 0 Å². The molecule has 2 atom stereocenters. The highest BCUT2D eigenvalue weighted by molar-refractivity contribution is 5.80. The Labute approximate surface area is 169 Å². The van der Waals surface area contributed by atoms with Gasteiger partial charge in [0.25, 0.3) is 0 Å². The highest BCUT2D eigenvalue weighted by Crippen LogP contribution is 2.16. The molecule has 0 heterocycles. The van der Waals surface area contributed by atoms with Crippen LogP contribution in [-0.2, 0) is 27.2 Å². The van der Waals surface area contributed by atoms with Gasteiger partial charge in [-0.25, -0.2) is 9.59 Å². The van der Waals surface area contributed by atoms with E-state index in [9.17, 15) is 19.8 Å². The van der Waals surface area contributed by atoms with Gasteiger partial charge in [0.15, 0.2) is 6.10 Å². The number of hydrogen-bond acceptors (Lipinski definition) is 6. The number of carbonyl (C=O) groups excluding carboxylic acids is 1. The van der Waals surface area contributed by atoms with Crippen molar-refractivity contribution in [1.82, 2.24) is 0 Å². The summed E-state index contributed by atoms with van der Waals surface area (Å²) in [6, 6.07) is 13.8. The highest BCUT2D eigenvalue weighted by Gasteiger charge is 2.27. The number of rotatable bonds is 11. The quantitative estimate of drug-likeness (QED) is 0.557. The Morgan fingerprint density at radius 2 is 1.28 bits per heavy atom. The van der Waals surface area contributed by atoms with Crippen LogP contribution in [0.15, 0.2) is 48.5 Å². The number of carboxylic acids is 1. The number of hydrogen-bond donors (Lipinski definition) is 2. The highest BCUT2D eigenvalue weighted by atomic mass is 16.6. The monoisotopic (exact) mass is 402 g/mol. The van der Waals surface area contributed by atoms with Crippen LogP contribution in [0.2, 0.25) is 0 Å². The second kappa shape index (κ2) is 11.1. The third kappa shape index (κ3) is 7.12. The molecule has 0 aliphatic heterocycles. The summed E-state index contributed by atoms with van der Waals surface area (Å²) in [6.45, 7) is 4.81. The van der Waals surface area contributed by atoms with Crippen molar-refractivity contribution in [3.8, 4) is 11.5 Å². The minimum atomic E-state index is -1.46. The molecule has 0 aromatic heterocycles. The lowest BCUT2D eigenvalue weighted by molar-refractivity contribution is -0.170. The molecule has 2 rings (SSSR count). The molecule has 2 aromatic carbocycles. The molecule has 0 fully saturated rings. The molecular formula is C22H26O7. The van der Waals surface area contributed by atoms with Crippen LogP contribution < -0.4 is 9.47 Å². The van der Waals surface area contributed by atoms with Crippen LogP contribution in [0.3, 0.4) is 0 Å². The Morgan fingerprint density at radius 3 is 1.69 bits per heavy atom. The van der Waals surface area contributed by atoms with Crippen molar-refractivity contribution in [2.45, 2.75) is 38.9 Å². The summed E-state index contributed by atoms with van der Waals surface area (Å²) in [7, 11) is 0. The van der Waals surface area contributed by atoms with Gasteiger partial charge >= 0.3 is 11.9 Å². The first kappa shape index (κ1) is 22.2. The summed E-state index contributed by atoms with van der Waals surface area (Å²) in [4.78, 5) is 23.7. The Morgan fingerprint density at radius 1 is 0.828 bits per heavy atom. The lowest BCUT2D eigenvalue weighted by Crippen LogP contribution is -2.35. The Balaban J connectivity index is 1.94. The van der Waals surface area contributed by atoms with Crippen LogP contribution in [0.5, 0.6) is 11.5 Å². The predicted molar refractivity (Wildman–Crippen MR) is 106 cm³/mol. The van der Waals surface area contributed by atoms with Gasteiger partial charge in [0, 0.05) is 12.8 Å². The zero-order valence-corrected chi connectivity index (χ0v) is 16.5. The molecular weight excluding hydrogens is 376 g/mol. The first-order valence-corrected chi connectivity index (χ1v) is 9.47. The number of aliphatic carboxylic acids is 1. The lowest BCUT2D eigenvalue weighted by Gasteiger charge is -2.17. The number of benzene rings is 2. The van der Waals surface area contributed by atoms with E-state index >= 15 is 0 Å². The molecule has 7 nitrogen and oxygen atoms in total. The molecule has 29 heavy (non-hydrogen) atoms. The summed E-state index contributed by atoms with van der Waals surface area (Å²) in [5, 5.41) is 19.5. The van der Waals surface area contributed by atoms with Crippen LogP contribution in [-0.4, -0.2) is 47.6 Å². The van der Waals surface area contributed by atoms with Crippen LogP contribution in [0.1, 0.15) is 25.0 Å². The summed E-state index contributed by atoms with van der Waals surface area (Å²) in [5.41, 5.74) is 1.38. The molecule has 2 N–H and O–H groups in total. The fraction of sp³-hybridized carbons (Fsp3) is 0.364. The normalized spacial score (nSPS) is 12.7. The van der Waals surface area contributed by atoms with Crippen molar-refractivity contribution in [1.29, 1.82) is 0 Å². The number of aliphatic hydroxyl groups is 1. The Hall–Kier alpha value is -3.06. The Kier molecular flexibility index (Phi) is 8.48. The van der Waals surface area contributed by atoms with Crippen molar-refractivity contribution < 1.29 is 34.0 Å². The summed E-state index contributed by atoms with van der Waals surface area (Å²) in [6.07, 6.45) is -2.85. The van der Waals surface area contributed by atoms with E-state index in [2.05, 4.69) is 0 Å². The third-order valence-electron chi connectivity index (χ3n) is 4.12. The van der Waals surface area contributed by atoms with E-state index < -0.39 is 24.1 Å². The molecule has 0 saturated heterocycles. The van der Waals surface area contributed by atoms with Gasteiger partial charge in [-0.2, -0.15) is 0 Å². The fourth-order valence-electron chi connectivity index (χ4n) is 2.70. The van der Waals surface area contributed by atoms with Gasteiger partial charge in [-0.15, -0.1) is 0 Å². The minimum Gasteiger partial charge on any atom is -0.494 e. The van der Waals surface area contributed by atoms with Gasteiger partial charge in [-0.05, 0) is 49.2 Å². The van der Waals surface area contributed by atoms with E-state index in [1.807, 2.05) is 13.8 Å². The molecule has 7 heteroatoms. The van der Waals surface area contributed by atoms with Crippen molar-refractivity contribution in [2.24, 2.45) is 0 Å². The lowest BCUT2D eigenvalue weighted by atomic mass is 10.1. The van der Waals surface area contributed by atoms with Gasteiger partial charge in [-0.3, -0.25) is 0 Å². The summed E-state index contributed by atoms with van der Waals surface area (Å²) < 4.78 is 15.7. The second-order valence-corrected chi connectivity index (χ2v) is 6.34. The van der Waals surface area contributed by atoms with E-state index in [-0.39, 0.29) is 12.8 Å². The Bertz CT molecular complexity index is 784. The maximum absolute atomic E-state index is 12.2. The largest absolute Gasteiger partial charge is 0.494 e. The first-order valence-electron chi connectivity index (χ1n) is 9.47. The topological polar surface area (TPSA) is 102 Å². The maximum Gasteiger partial charge on any atom is 0.345 e. The van der Waals surface area contributed by atoms with Crippen molar-refractivity contribution in [3.63, 3.8) is 0 Å². The van der Waals surface area contributed by atoms with Crippen molar-refractivity contribution in [3.05, 3.63) is 59.7 Å². The van der Waals surface area contributed by atoms with E-state index in [0.29, 0.717) is 35.8 Å². The molecule has 0 amide bonds. The molecule has 0 saturated carbocycles. The molecule has 0 radical (unpaired) electrons. The van der Waals surface area contributed by atoms with E-state index in [1.54, 1.807) is 48.5 Å². The first-order chi connectivity index (χ1) is 13.9. The molecule has 0 spiro atoms. The van der Waals surface area contributed by atoms with Crippen LogP contribution in [0.4, 0.5) is 0 Å². The number of carbonyl (C=O) groups is 2. The van der Waals surface area contributed by atoms with Gasteiger partial charge in [0.05, 0.1) is 13.2 Å². The molecule has 0 bridgehead atoms. The van der Waals surface area contributed by atoms with Gasteiger partial charge in [0.2, 0.25) is 6.10 Å². The average Bonchev–Trinajstić information content (AvgIpc) is 2.70. The number of esters is 1. The summed E-state index contributed by atoms with van der Waals surface area (Å²) in [5.74, 6) is -0.891. The molecule has 2 unspecified atom stereocenters. The van der Waals surface area contributed by atoms with E-state index in [4.69, 9.17) is 14.2 Å². The average molecular weight is 402 g/mol. The zero-order valence-electron chi connectivity index (χ0n) is 16.5.